The minimum absolute atomic E-state index is 0.00268. The number of amides is 1. The monoisotopic (exact) mass is 453 g/mol. The van der Waals surface area contributed by atoms with E-state index in [1.165, 1.54) is 0 Å². The van der Waals surface area contributed by atoms with Crippen molar-refractivity contribution in [3.8, 4) is 17.6 Å². The van der Waals surface area contributed by atoms with Gasteiger partial charge < -0.3 is 19.4 Å². The molecule has 0 unspecified atom stereocenters. The Morgan fingerprint density at radius 3 is 2.81 bits per heavy atom. The number of rotatable bonds is 6. The topological polar surface area (TPSA) is 76.3 Å². The van der Waals surface area contributed by atoms with Crippen molar-refractivity contribution in [3.63, 3.8) is 0 Å². The Kier molecular flexibility index (Phi) is 6.17. The minimum Gasteiger partial charge on any atom is -0.454 e. The molecule has 3 aromatic rings. The fourth-order valence-electron chi connectivity index (χ4n) is 3.16. The predicted octanol–water partition coefficient (Wildman–Crippen LogP) is 4.80. The van der Waals surface area contributed by atoms with Crippen LogP contribution in [0.2, 0.25) is 10.0 Å². The first kappa shape index (κ1) is 20.9. The Morgan fingerprint density at radius 2 is 2.00 bits per heavy atom. The molecular weight excluding hydrogens is 437 g/mol. The van der Waals surface area contributed by atoms with E-state index >= 15 is 0 Å². The van der Waals surface area contributed by atoms with E-state index in [1.54, 1.807) is 30.3 Å². The minimum atomic E-state index is -0.461. The van der Waals surface area contributed by atoms with Crippen molar-refractivity contribution < 1.29 is 14.3 Å². The first-order valence-electron chi connectivity index (χ1n) is 9.41. The zero-order valence-electron chi connectivity index (χ0n) is 16.3. The number of fused-ring (bicyclic) bond motifs is 1. The first-order chi connectivity index (χ1) is 15.0. The molecule has 2 heterocycles. The lowest BCUT2D eigenvalue weighted by molar-refractivity contribution is -0.117. The molecule has 0 aliphatic carbocycles. The summed E-state index contributed by atoms with van der Waals surface area (Å²) in [4.78, 5) is 12.6. The molecule has 6 nitrogen and oxygen atoms in total. The second kappa shape index (κ2) is 9.17. The van der Waals surface area contributed by atoms with Crippen molar-refractivity contribution in [2.24, 2.45) is 0 Å². The maximum absolute atomic E-state index is 12.6. The van der Waals surface area contributed by atoms with Crippen LogP contribution in [0.5, 0.6) is 11.5 Å². The van der Waals surface area contributed by atoms with Crippen molar-refractivity contribution in [3.05, 3.63) is 87.2 Å². The van der Waals surface area contributed by atoms with E-state index in [1.807, 2.05) is 41.1 Å². The molecule has 0 fully saturated rings. The summed E-state index contributed by atoms with van der Waals surface area (Å²) in [5, 5.41) is 13.4. The van der Waals surface area contributed by atoms with Crippen LogP contribution in [0.1, 0.15) is 16.8 Å². The quantitative estimate of drug-likeness (QED) is 0.429. The van der Waals surface area contributed by atoms with E-state index in [-0.39, 0.29) is 18.9 Å². The smallest absolute Gasteiger partial charge is 0.262 e. The highest BCUT2D eigenvalue weighted by atomic mass is 35.5. The summed E-state index contributed by atoms with van der Waals surface area (Å²) >= 11 is 12.2. The van der Waals surface area contributed by atoms with Crippen molar-refractivity contribution in [1.82, 2.24) is 9.88 Å². The third-order valence-corrected chi connectivity index (χ3v) is 5.35. The lowest BCUT2D eigenvalue weighted by Gasteiger charge is -2.10. The van der Waals surface area contributed by atoms with Gasteiger partial charge in [0.05, 0.1) is 0 Å². The number of carbonyl (C=O) groups excluding carboxylic acids is 1. The number of aromatic nitrogens is 1. The molecule has 0 bridgehead atoms. The maximum Gasteiger partial charge on any atom is 0.262 e. The summed E-state index contributed by atoms with van der Waals surface area (Å²) in [6.45, 7) is 0.926. The molecule has 0 spiro atoms. The molecule has 1 amide bonds. The lowest BCUT2D eigenvalue weighted by atomic mass is 10.1. The molecule has 1 aliphatic heterocycles. The van der Waals surface area contributed by atoms with E-state index in [9.17, 15) is 10.1 Å². The van der Waals surface area contributed by atoms with Gasteiger partial charge in [0.1, 0.15) is 11.6 Å². The fourth-order valence-corrected chi connectivity index (χ4v) is 3.63. The zero-order valence-corrected chi connectivity index (χ0v) is 17.8. The molecule has 4 rings (SSSR count). The molecular formula is C23H17Cl2N3O3. The van der Waals surface area contributed by atoms with Gasteiger partial charge in [-0.15, -0.1) is 0 Å². The summed E-state index contributed by atoms with van der Waals surface area (Å²) in [5.74, 6) is 0.855. The zero-order chi connectivity index (χ0) is 21.8. The van der Waals surface area contributed by atoms with E-state index in [0.717, 1.165) is 11.1 Å². The number of halogens is 2. The number of hydrogen-bond acceptors (Lipinski definition) is 4. The highest BCUT2D eigenvalue weighted by molar-refractivity contribution is 6.35. The van der Waals surface area contributed by atoms with Crippen molar-refractivity contribution in [1.29, 1.82) is 5.26 Å². The van der Waals surface area contributed by atoms with Crippen LogP contribution in [0.15, 0.2) is 60.3 Å². The van der Waals surface area contributed by atoms with Crippen LogP contribution in [-0.2, 0) is 17.9 Å². The molecule has 1 N–H and O–H groups in total. The molecule has 0 atom stereocenters. The third kappa shape index (κ3) is 4.85. The summed E-state index contributed by atoms with van der Waals surface area (Å²) in [6, 6.07) is 16.4. The molecule has 0 saturated heterocycles. The highest BCUT2D eigenvalue weighted by Gasteiger charge is 2.15. The Morgan fingerprint density at radius 1 is 1.16 bits per heavy atom. The van der Waals surface area contributed by atoms with Gasteiger partial charge in [0.2, 0.25) is 6.79 Å². The number of ether oxygens (including phenoxy) is 2. The van der Waals surface area contributed by atoms with Gasteiger partial charge >= 0.3 is 0 Å². The van der Waals surface area contributed by atoms with Crippen molar-refractivity contribution in [2.75, 3.05) is 6.79 Å². The number of hydrogen-bond donors (Lipinski definition) is 1. The largest absolute Gasteiger partial charge is 0.454 e. The Hall–Kier alpha value is -3.40. The normalized spacial score (nSPS) is 12.5. The maximum atomic E-state index is 12.6. The standard InChI is InChI=1S/C23H17Cl2N3O3/c24-18-5-4-16(20(25)10-18)13-28-7-1-2-19(28)9-17(11-26)23(29)27-12-15-3-6-21-22(8-15)31-14-30-21/h1-10H,12-14H2,(H,27,29)/b17-9-. The second-order valence-electron chi connectivity index (χ2n) is 6.84. The van der Waals surface area contributed by atoms with Crippen LogP contribution >= 0.6 is 23.2 Å². The van der Waals surface area contributed by atoms with Crippen molar-refractivity contribution >= 4 is 35.2 Å². The third-order valence-electron chi connectivity index (χ3n) is 4.77. The average molecular weight is 454 g/mol. The number of carbonyl (C=O) groups is 1. The van der Waals surface area contributed by atoms with Crippen LogP contribution in [0, 0.1) is 11.3 Å². The van der Waals surface area contributed by atoms with Crippen LogP contribution in [-0.4, -0.2) is 17.3 Å². The van der Waals surface area contributed by atoms with Crippen molar-refractivity contribution in [2.45, 2.75) is 13.1 Å². The van der Waals surface area contributed by atoms with E-state index in [2.05, 4.69) is 5.32 Å². The number of nitrogens with zero attached hydrogens (tertiary/aromatic N) is 2. The Balaban J connectivity index is 1.46. The van der Waals surface area contributed by atoms with Gasteiger partial charge in [-0.25, -0.2) is 0 Å². The fraction of sp³-hybridized carbons (Fsp3) is 0.130. The van der Waals surface area contributed by atoms with Crippen LogP contribution in [0.3, 0.4) is 0 Å². The second-order valence-corrected chi connectivity index (χ2v) is 7.68. The van der Waals surface area contributed by atoms with Gasteiger partial charge in [-0.05, 0) is 53.6 Å². The molecule has 8 heteroatoms. The first-order valence-corrected chi connectivity index (χ1v) is 10.2. The van der Waals surface area contributed by atoms with Crippen LogP contribution < -0.4 is 14.8 Å². The molecule has 2 aromatic carbocycles. The Labute approximate surface area is 189 Å². The van der Waals surface area contributed by atoms with Gasteiger partial charge in [0.15, 0.2) is 11.5 Å². The summed E-state index contributed by atoms with van der Waals surface area (Å²) in [7, 11) is 0. The van der Waals surface area contributed by atoms with Gasteiger partial charge in [-0.3, -0.25) is 4.79 Å². The molecule has 31 heavy (non-hydrogen) atoms. The van der Waals surface area contributed by atoms with E-state index < -0.39 is 5.91 Å². The van der Waals surface area contributed by atoms with Gasteiger partial charge in [0.25, 0.3) is 5.91 Å². The average Bonchev–Trinajstić information content (AvgIpc) is 3.41. The van der Waals surface area contributed by atoms with E-state index in [0.29, 0.717) is 33.8 Å². The summed E-state index contributed by atoms with van der Waals surface area (Å²) < 4.78 is 12.5. The predicted molar refractivity (Wildman–Crippen MR) is 118 cm³/mol. The highest BCUT2D eigenvalue weighted by Crippen LogP contribution is 2.32. The van der Waals surface area contributed by atoms with Gasteiger partial charge in [-0.2, -0.15) is 5.26 Å². The molecule has 0 saturated carbocycles. The molecule has 0 radical (unpaired) electrons. The van der Waals surface area contributed by atoms with Crippen LogP contribution in [0.25, 0.3) is 6.08 Å². The van der Waals surface area contributed by atoms with Gasteiger partial charge in [-0.1, -0.05) is 35.3 Å². The SMILES string of the molecule is N#C/C(=C/c1cccn1Cc1ccc(Cl)cc1Cl)C(=O)NCc1ccc2c(c1)OCO2. The number of benzene rings is 2. The summed E-state index contributed by atoms with van der Waals surface area (Å²) in [5.41, 5.74) is 2.43. The van der Waals surface area contributed by atoms with Gasteiger partial charge in [0, 0.05) is 35.0 Å². The Bertz CT molecular complexity index is 1210. The van der Waals surface area contributed by atoms with E-state index in [4.69, 9.17) is 32.7 Å². The van der Waals surface area contributed by atoms with Crippen LogP contribution in [0.4, 0.5) is 0 Å². The lowest BCUT2D eigenvalue weighted by Crippen LogP contribution is -2.24. The molecule has 1 aliphatic rings. The number of nitrogens with one attached hydrogen (secondary N) is 1. The molecule has 156 valence electrons. The summed E-state index contributed by atoms with van der Waals surface area (Å²) in [6.07, 6.45) is 3.41. The number of nitriles is 1. The molecule has 1 aromatic heterocycles.